The Balaban J connectivity index is 3.56. The van der Waals surface area contributed by atoms with Crippen LogP contribution in [0.3, 0.4) is 0 Å². The Labute approximate surface area is 127 Å². The van der Waals surface area contributed by atoms with Crippen LogP contribution in [0.15, 0.2) is 0 Å². The van der Waals surface area contributed by atoms with Gasteiger partial charge in [0.05, 0.1) is 0 Å². The van der Waals surface area contributed by atoms with Crippen LogP contribution < -0.4 is 0 Å². The molecular formula is C16H34O3S. The van der Waals surface area contributed by atoms with Gasteiger partial charge in [0.1, 0.15) is 0 Å². The summed E-state index contributed by atoms with van der Waals surface area (Å²) in [4.78, 5) is 0. The summed E-state index contributed by atoms with van der Waals surface area (Å²) in [6.45, 7) is 8.69. The summed E-state index contributed by atoms with van der Waals surface area (Å²) in [7, 11) is -0.705. The smallest absolute Gasteiger partial charge is 0.0482 e. The maximum atomic E-state index is 11.8. The third-order valence-corrected chi connectivity index (χ3v) is 5.30. The molecular weight excluding hydrogens is 272 g/mol. The SMILES string of the molecule is CC(C)(CO)CCCCS(=O)CCCCC(C)(C)CO. The summed E-state index contributed by atoms with van der Waals surface area (Å²) in [6.07, 6.45) is 6.03. The highest BCUT2D eigenvalue weighted by molar-refractivity contribution is 7.84. The molecule has 0 fully saturated rings. The lowest BCUT2D eigenvalue weighted by molar-refractivity contribution is 0.147. The molecule has 2 N–H and O–H groups in total. The quantitative estimate of drug-likeness (QED) is 0.545. The van der Waals surface area contributed by atoms with E-state index in [1.54, 1.807) is 0 Å². The Bertz CT molecular complexity index is 249. The predicted molar refractivity (Wildman–Crippen MR) is 87.3 cm³/mol. The maximum absolute atomic E-state index is 11.8. The van der Waals surface area contributed by atoms with Gasteiger partial charge in [0.15, 0.2) is 0 Å². The normalized spacial score (nSPS) is 13.2. The first-order valence-electron chi connectivity index (χ1n) is 7.79. The van der Waals surface area contributed by atoms with Crippen LogP contribution in [0.5, 0.6) is 0 Å². The Kier molecular flexibility index (Phi) is 9.94. The molecule has 0 atom stereocenters. The van der Waals surface area contributed by atoms with E-state index in [0.29, 0.717) is 0 Å². The van der Waals surface area contributed by atoms with Crippen molar-refractivity contribution in [3.8, 4) is 0 Å². The van der Waals surface area contributed by atoms with E-state index in [2.05, 4.69) is 27.7 Å². The number of unbranched alkanes of at least 4 members (excludes halogenated alkanes) is 2. The summed E-state index contributed by atoms with van der Waals surface area (Å²) in [5, 5.41) is 18.3. The summed E-state index contributed by atoms with van der Waals surface area (Å²) in [5.41, 5.74) is -0.00522. The first kappa shape index (κ1) is 20.1. The van der Waals surface area contributed by atoms with Gasteiger partial charge >= 0.3 is 0 Å². The van der Waals surface area contributed by atoms with Crippen LogP contribution >= 0.6 is 0 Å². The number of hydrogen-bond donors (Lipinski definition) is 2. The molecule has 0 rings (SSSR count). The number of aliphatic hydroxyl groups is 2. The van der Waals surface area contributed by atoms with Crippen molar-refractivity contribution in [2.24, 2.45) is 10.8 Å². The number of hydrogen-bond acceptors (Lipinski definition) is 3. The molecule has 0 amide bonds. The molecule has 0 aromatic carbocycles. The Hall–Kier alpha value is 0.0700. The zero-order valence-corrected chi connectivity index (χ0v) is 14.6. The maximum Gasteiger partial charge on any atom is 0.0482 e. The van der Waals surface area contributed by atoms with Crippen molar-refractivity contribution >= 4 is 10.8 Å². The van der Waals surface area contributed by atoms with Gasteiger partial charge in [0.2, 0.25) is 0 Å². The highest BCUT2D eigenvalue weighted by Gasteiger charge is 2.16. The molecule has 0 aromatic heterocycles. The van der Waals surface area contributed by atoms with Crippen molar-refractivity contribution < 1.29 is 14.4 Å². The largest absolute Gasteiger partial charge is 0.396 e. The molecule has 4 heteroatoms. The van der Waals surface area contributed by atoms with Crippen molar-refractivity contribution in [2.75, 3.05) is 24.7 Å². The summed E-state index contributed by atoms with van der Waals surface area (Å²) in [6, 6.07) is 0. The summed E-state index contributed by atoms with van der Waals surface area (Å²) < 4.78 is 11.8. The Morgan fingerprint density at radius 1 is 0.750 bits per heavy atom. The zero-order valence-electron chi connectivity index (χ0n) is 13.8. The molecule has 0 saturated heterocycles. The van der Waals surface area contributed by atoms with Gasteiger partial charge in [-0.2, -0.15) is 0 Å². The van der Waals surface area contributed by atoms with Gasteiger partial charge in [0.25, 0.3) is 0 Å². The van der Waals surface area contributed by atoms with E-state index in [4.69, 9.17) is 10.2 Å². The molecule has 0 aliphatic carbocycles. The second-order valence-electron chi connectivity index (χ2n) is 7.41. The first-order chi connectivity index (χ1) is 9.22. The second-order valence-corrected chi connectivity index (χ2v) is 9.10. The van der Waals surface area contributed by atoms with Gasteiger partial charge in [-0.25, -0.2) is 0 Å². The fourth-order valence-corrected chi connectivity index (χ4v) is 3.25. The van der Waals surface area contributed by atoms with E-state index < -0.39 is 10.8 Å². The van der Waals surface area contributed by atoms with E-state index in [1.807, 2.05) is 0 Å². The molecule has 0 saturated carbocycles. The van der Waals surface area contributed by atoms with Gasteiger partial charge in [-0.15, -0.1) is 0 Å². The van der Waals surface area contributed by atoms with Gasteiger partial charge in [-0.05, 0) is 36.5 Å². The minimum atomic E-state index is -0.705. The van der Waals surface area contributed by atoms with E-state index >= 15 is 0 Å². The lowest BCUT2D eigenvalue weighted by Crippen LogP contribution is -2.17. The molecule has 0 spiro atoms. The molecule has 122 valence electrons. The molecule has 3 nitrogen and oxygen atoms in total. The number of aliphatic hydroxyl groups excluding tert-OH is 2. The topological polar surface area (TPSA) is 57.5 Å². The van der Waals surface area contributed by atoms with Gasteiger partial charge < -0.3 is 10.2 Å². The lowest BCUT2D eigenvalue weighted by atomic mass is 9.88. The number of rotatable bonds is 12. The zero-order chi connectivity index (χ0) is 15.6. The highest BCUT2D eigenvalue weighted by Crippen LogP contribution is 2.23. The van der Waals surface area contributed by atoms with E-state index in [-0.39, 0.29) is 24.0 Å². The van der Waals surface area contributed by atoms with Crippen molar-refractivity contribution in [1.82, 2.24) is 0 Å². The van der Waals surface area contributed by atoms with E-state index in [1.165, 1.54) is 0 Å². The van der Waals surface area contributed by atoms with Gasteiger partial charge in [-0.3, -0.25) is 4.21 Å². The predicted octanol–water partition coefficient (Wildman–Crippen LogP) is 3.11. The minimum Gasteiger partial charge on any atom is -0.396 e. The van der Waals surface area contributed by atoms with Gasteiger partial charge in [-0.1, -0.05) is 40.5 Å². The molecule has 0 aliphatic heterocycles. The molecule has 0 radical (unpaired) electrons. The fourth-order valence-electron chi connectivity index (χ4n) is 1.99. The summed E-state index contributed by atoms with van der Waals surface area (Å²) in [5.74, 6) is 1.57. The van der Waals surface area contributed by atoms with Crippen LogP contribution in [0.1, 0.15) is 66.2 Å². The molecule has 0 aromatic rings. The Morgan fingerprint density at radius 3 is 1.40 bits per heavy atom. The van der Waals surface area contributed by atoms with Crippen molar-refractivity contribution in [1.29, 1.82) is 0 Å². The highest BCUT2D eigenvalue weighted by atomic mass is 32.2. The average molecular weight is 307 g/mol. The molecule has 0 aliphatic rings. The average Bonchev–Trinajstić information content (AvgIpc) is 2.40. The fraction of sp³-hybridized carbons (Fsp3) is 1.00. The Morgan fingerprint density at radius 2 is 1.10 bits per heavy atom. The van der Waals surface area contributed by atoms with Crippen molar-refractivity contribution in [3.63, 3.8) is 0 Å². The molecule has 0 unspecified atom stereocenters. The second kappa shape index (κ2) is 9.91. The van der Waals surface area contributed by atoms with Crippen LogP contribution in [-0.2, 0) is 10.8 Å². The minimum absolute atomic E-state index is 0.00261. The third-order valence-electron chi connectivity index (χ3n) is 3.81. The van der Waals surface area contributed by atoms with Crippen LogP contribution in [0.2, 0.25) is 0 Å². The lowest BCUT2D eigenvalue weighted by Gasteiger charge is -2.21. The van der Waals surface area contributed by atoms with Crippen LogP contribution in [-0.4, -0.2) is 39.1 Å². The van der Waals surface area contributed by atoms with E-state index in [9.17, 15) is 4.21 Å². The third kappa shape index (κ3) is 10.8. The van der Waals surface area contributed by atoms with Crippen molar-refractivity contribution in [2.45, 2.75) is 66.2 Å². The molecule has 0 heterocycles. The monoisotopic (exact) mass is 306 g/mol. The van der Waals surface area contributed by atoms with Gasteiger partial charge in [0, 0.05) is 35.5 Å². The van der Waals surface area contributed by atoms with E-state index in [0.717, 1.165) is 50.0 Å². The molecule has 20 heavy (non-hydrogen) atoms. The van der Waals surface area contributed by atoms with Crippen LogP contribution in [0.25, 0.3) is 0 Å². The standard InChI is InChI=1S/C16H34O3S/c1-15(2,13-17)9-5-7-11-20(19)12-8-6-10-16(3,4)14-18/h17-18H,5-14H2,1-4H3. The summed E-state index contributed by atoms with van der Waals surface area (Å²) >= 11 is 0. The first-order valence-corrected chi connectivity index (χ1v) is 9.28. The van der Waals surface area contributed by atoms with Crippen molar-refractivity contribution in [3.05, 3.63) is 0 Å². The van der Waals surface area contributed by atoms with Crippen LogP contribution in [0, 0.1) is 10.8 Å². The molecule has 0 bridgehead atoms. The van der Waals surface area contributed by atoms with Crippen LogP contribution in [0.4, 0.5) is 0 Å².